The van der Waals surface area contributed by atoms with Gasteiger partial charge in [0.05, 0.1) is 16.3 Å². The van der Waals surface area contributed by atoms with Crippen molar-refractivity contribution in [2.24, 2.45) is 0 Å². The lowest BCUT2D eigenvalue weighted by atomic mass is 10.00. The van der Waals surface area contributed by atoms with Crippen LogP contribution in [0.5, 0.6) is 0 Å². The number of benzene rings is 3. The minimum Gasteiger partial charge on any atom is -0.280 e. The number of nitrogens with one attached hydrogen (secondary N) is 1. The van der Waals surface area contributed by atoms with Gasteiger partial charge in [-0.15, -0.1) is 0 Å². The van der Waals surface area contributed by atoms with Crippen molar-refractivity contribution >= 4 is 42.4 Å². The van der Waals surface area contributed by atoms with Crippen LogP contribution in [0.3, 0.4) is 0 Å². The van der Waals surface area contributed by atoms with Crippen molar-refractivity contribution in [1.82, 2.24) is 9.29 Å². The summed E-state index contributed by atoms with van der Waals surface area (Å²) in [6.45, 7) is 2.66. The molecule has 0 atom stereocenters. The van der Waals surface area contributed by atoms with Gasteiger partial charge in [-0.3, -0.25) is 14.0 Å². The third-order valence-corrected chi connectivity index (χ3v) is 9.46. The van der Waals surface area contributed by atoms with Crippen LogP contribution >= 0.6 is 0 Å². The van der Waals surface area contributed by atoms with Gasteiger partial charge in [-0.05, 0) is 60.3 Å². The van der Waals surface area contributed by atoms with E-state index >= 15 is 0 Å². The molecular weight excluding hydrogens is 484 g/mol. The molecule has 35 heavy (non-hydrogen) atoms. The molecule has 1 fully saturated rings. The van der Waals surface area contributed by atoms with E-state index in [2.05, 4.69) is 9.71 Å². The zero-order chi connectivity index (χ0) is 24.8. The Kier molecular flexibility index (Phi) is 5.74. The van der Waals surface area contributed by atoms with E-state index in [-0.39, 0.29) is 4.90 Å². The van der Waals surface area contributed by atoms with Gasteiger partial charge in [0.1, 0.15) is 0 Å². The Bertz CT molecular complexity index is 1630. The van der Waals surface area contributed by atoms with Crippen LogP contribution in [0.4, 0.5) is 11.4 Å². The van der Waals surface area contributed by atoms with Gasteiger partial charge in [-0.1, -0.05) is 30.3 Å². The summed E-state index contributed by atoms with van der Waals surface area (Å²) in [6.07, 6.45) is 1.74. The average molecular weight is 509 g/mol. The summed E-state index contributed by atoms with van der Waals surface area (Å²) in [4.78, 5) is 4.60. The average Bonchev–Trinajstić information content (AvgIpc) is 3.12. The van der Waals surface area contributed by atoms with Crippen LogP contribution in [0, 0.1) is 6.92 Å². The van der Waals surface area contributed by atoms with E-state index in [1.165, 1.54) is 39.9 Å². The van der Waals surface area contributed by atoms with Gasteiger partial charge in [0.15, 0.2) is 0 Å². The van der Waals surface area contributed by atoms with E-state index in [0.29, 0.717) is 24.5 Å². The van der Waals surface area contributed by atoms with E-state index in [1.54, 1.807) is 18.3 Å². The molecule has 8 nitrogen and oxygen atoms in total. The molecule has 1 saturated heterocycles. The number of hydrogen-bond donors (Lipinski definition) is 1. The van der Waals surface area contributed by atoms with Gasteiger partial charge < -0.3 is 0 Å². The summed E-state index contributed by atoms with van der Waals surface area (Å²) in [5.41, 5.74) is 3.42. The minimum atomic E-state index is -3.90. The van der Waals surface area contributed by atoms with Crippen molar-refractivity contribution in [3.8, 4) is 11.3 Å². The van der Waals surface area contributed by atoms with E-state index in [0.717, 1.165) is 27.6 Å². The second kappa shape index (κ2) is 8.63. The molecule has 0 amide bonds. The van der Waals surface area contributed by atoms with Crippen LogP contribution in [-0.4, -0.2) is 46.3 Å². The SMILES string of the molecule is Cc1ccc(NS(=O)(=O)c2ccc(N3CCN(C)S3(=O)=O)cc2)cc1-c1nccc2ccccc12. The van der Waals surface area contributed by atoms with E-state index in [1.807, 2.05) is 43.3 Å². The number of hydrogen-bond acceptors (Lipinski definition) is 5. The Labute approximate surface area is 205 Å². The molecule has 1 aliphatic rings. The molecule has 2 heterocycles. The first-order valence-electron chi connectivity index (χ1n) is 11.0. The number of pyridine rings is 1. The van der Waals surface area contributed by atoms with Gasteiger partial charge in [-0.2, -0.15) is 12.7 Å². The molecule has 0 bridgehead atoms. The molecule has 5 rings (SSSR count). The molecule has 0 unspecified atom stereocenters. The van der Waals surface area contributed by atoms with Crippen molar-refractivity contribution in [3.63, 3.8) is 0 Å². The van der Waals surface area contributed by atoms with Gasteiger partial charge in [-0.25, -0.2) is 8.42 Å². The fraction of sp³-hybridized carbons (Fsp3) is 0.160. The van der Waals surface area contributed by atoms with Gasteiger partial charge >= 0.3 is 10.2 Å². The monoisotopic (exact) mass is 508 g/mol. The molecule has 10 heteroatoms. The summed E-state index contributed by atoms with van der Waals surface area (Å²) < 4.78 is 56.1. The summed E-state index contributed by atoms with van der Waals surface area (Å²) in [5, 5.41) is 2.03. The number of rotatable bonds is 5. The lowest BCUT2D eigenvalue weighted by Gasteiger charge is -2.18. The zero-order valence-corrected chi connectivity index (χ0v) is 20.8. The van der Waals surface area contributed by atoms with Crippen molar-refractivity contribution in [1.29, 1.82) is 0 Å². The molecule has 0 saturated carbocycles. The van der Waals surface area contributed by atoms with E-state index in [9.17, 15) is 16.8 Å². The zero-order valence-electron chi connectivity index (χ0n) is 19.2. The van der Waals surface area contributed by atoms with Crippen molar-refractivity contribution in [3.05, 3.63) is 84.6 Å². The minimum absolute atomic E-state index is 0.0385. The largest absolute Gasteiger partial charge is 0.303 e. The molecule has 180 valence electrons. The first-order valence-corrected chi connectivity index (χ1v) is 13.9. The number of likely N-dealkylation sites (N-methyl/N-ethyl adjacent to an activating group) is 1. The summed E-state index contributed by atoms with van der Waals surface area (Å²) in [5.74, 6) is 0. The molecule has 4 aromatic rings. The number of anilines is 2. The summed E-state index contributed by atoms with van der Waals surface area (Å²) in [7, 11) is -5.95. The van der Waals surface area contributed by atoms with Crippen LogP contribution in [0.25, 0.3) is 22.0 Å². The molecule has 1 aromatic heterocycles. The fourth-order valence-corrected chi connectivity index (χ4v) is 6.57. The van der Waals surface area contributed by atoms with Crippen molar-refractivity contribution in [2.75, 3.05) is 29.2 Å². The molecule has 0 spiro atoms. The molecule has 1 N–H and O–H groups in total. The third-order valence-electron chi connectivity index (χ3n) is 6.14. The normalized spacial score (nSPS) is 16.0. The highest BCUT2D eigenvalue weighted by molar-refractivity contribution is 7.92. The lowest BCUT2D eigenvalue weighted by molar-refractivity contribution is 0.511. The quantitative estimate of drug-likeness (QED) is 0.439. The number of aryl methyl sites for hydroxylation is 1. The number of fused-ring (bicyclic) bond motifs is 1. The predicted octanol–water partition coefficient (Wildman–Crippen LogP) is 4.01. The topological polar surface area (TPSA) is 99.7 Å². The molecule has 1 aliphatic heterocycles. The van der Waals surface area contributed by atoms with Crippen LogP contribution in [0.2, 0.25) is 0 Å². The Morgan fingerprint density at radius 3 is 2.40 bits per heavy atom. The highest BCUT2D eigenvalue weighted by atomic mass is 32.2. The fourth-order valence-electron chi connectivity index (χ4n) is 4.17. The molecular formula is C25H24N4O4S2. The number of aromatic nitrogens is 1. The lowest BCUT2D eigenvalue weighted by Crippen LogP contribution is -2.30. The van der Waals surface area contributed by atoms with E-state index < -0.39 is 20.2 Å². The third kappa shape index (κ3) is 4.24. The first kappa shape index (κ1) is 23.3. The number of sulfonamides is 1. The maximum absolute atomic E-state index is 13.1. The maximum Gasteiger partial charge on any atom is 0.303 e. The Balaban J connectivity index is 1.44. The smallest absolute Gasteiger partial charge is 0.280 e. The Morgan fingerprint density at radius 2 is 1.69 bits per heavy atom. The van der Waals surface area contributed by atoms with Crippen LogP contribution < -0.4 is 9.03 Å². The predicted molar refractivity (Wildman–Crippen MR) is 138 cm³/mol. The standard InChI is InChI=1S/C25H24N4O4S2/c1-18-7-8-20(17-24(18)25-23-6-4-3-5-19(23)13-14-26-25)27-34(30,31)22-11-9-21(10-12-22)29-16-15-28(2)35(29,32)33/h3-14,17,27H,15-16H2,1-2H3. The summed E-state index contributed by atoms with van der Waals surface area (Å²) in [6, 6.07) is 21.0. The van der Waals surface area contributed by atoms with Crippen molar-refractivity contribution in [2.45, 2.75) is 11.8 Å². The second-order valence-electron chi connectivity index (χ2n) is 8.41. The summed E-state index contributed by atoms with van der Waals surface area (Å²) >= 11 is 0. The highest BCUT2D eigenvalue weighted by Crippen LogP contribution is 2.32. The van der Waals surface area contributed by atoms with Crippen molar-refractivity contribution < 1.29 is 16.8 Å². The van der Waals surface area contributed by atoms with Crippen LogP contribution in [0.1, 0.15) is 5.56 Å². The van der Waals surface area contributed by atoms with Crippen LogP contribution in [0.15, 0.2) is 83.9 Å². The molecule has 3 aromatic carbocycles. The number of nitrogens with zero attached hydrogens (tertiary/aromatic N) is 3. The van der Waals surface area contributed by atoms with Gasteiger partial charge in [0.25, 0.3) is 10.0 Å². The Hall–Kier alpha value is -3.47. The second-order valence-corrected chi connectivity index (χ2v) is 12.1. The van der Waals surface area contributed by atoms with E-state index in [4.69, 9.17) is 0 Å². The molecule has 0 aliphatic carbocycles. The highest BCUT2D eigenvalue weighted by Gasteiger charge is 2.34. The maximum atomic E-state index is 13.1. The van der Waals surface area contributed by atoms with Gasteiger partial charge in [0.2, 0.25) is 0 Å². The first-order chi connectivity index (χ1) is 16.7. The molecule has 0 radical (unpaired) electrons. The van der Waals surface area contributed by atoms with Gasteiger partial charge in [0, 0.05) is 43.0 Å². The van der Waals surface area contributed by atoms with Crippen LogP contribution in [-0.2, 0) is 20.2 Å². The Morgan fingerprint density at radius 1 is 0.943 bits per heavy atom.